The zero-order valence-corrected chi connectivity index (χ0v) is 13.0. The van der Waals surface area contributed by atoms with E-state index < -0.39 is 5.91 Å². The van der Waals surface area contributed by atoms with Crippen LogP contribution in [0.25, 0.3) is 0 Å². The molecule has 4 aliphatic carbocycles. The van der Waals surface area contributed by atoms with E-state index >= 15 is 0 Å². The van der Waals surface area contributed by atoms with Gasteiger partial charge in [0.25, 0.3) is 5.91 Å². The minimum Gasteiger partial charge on any atom is -0.331 e. The maximum atomic E-state index is 12.2. The van der Waals surface area contributed by atoms with Gasteiger partial charge in [0.15, 0.2) is 0 Å². The molecule has 0 unspecified atom stereocenters. The number of hydrogen-bond acceptors (Lipinski definition) is 3. The Balaban J connectivity index is 1.33. The van der Waals surface area contributed by atoms with Crippen LogP contribution in [0.2, 0.25) is 0 Å². The SMILES string of the molecule is O=C(NNC(=O)c1ccccn1)NC12CC3CC(CC(C3)C1)C2. The quantitative estimate of drug-likeness (QED) is 0.730. The lowest BCUT2D eigenvalue weighted by Crippen LogP contribution is -2.62. The van der Waals surface area contributed by atoms with Crippen LogP contribution in [0.4, 0.5) is 4.79 Å². The molecular weight excluding hydrogens is 292 g/mol. The van der Waals surface area contributed by atoms with Gasteiger partial charge in [-0.1, -0.05) is 6.07 Å². The van der Waals surface area contributed by atoms with Crippen molar-refractivity contribution in [2.75, 3.05) is 0 Å². The smallest absolute Gasteiger partial charge is 0.331 e. The minimum absolute atomic E-state index is 0.0610. The Bertz CT molecular complexity index is 581. The number of nitrogens with zero attached hydrogens (tertiary/aromatic N) is 1. The highest BCUT2D eigenvalue weighted by Crippen LogP contribution is 2.55. The number of urea groups is 1. The molecule has 1 aromatic rings. The van der Waals surface area contributed by atoms with Crippen molar-refractivity contribution in [1.29, 1.82) is 0 Å². The highest BCUT2D eigenvalue weighted by Gasteiger charge is 2.51. The first-order valence-corrected chi connectivity index (χ1v) is 8.41. The highest BCUT2D eigenvalue weighted by atomic mass is 16.2. The second-order valence-electron chi connectivity index (χ2n) is 7.45. The summed E-state index contributed by atoms with van der Waals surface area (Å²) in [6, 6.07) is 4.76. The Morgan fingerprint density at radius 1 is 1.00 bits per heavy atom. The number of nitrogens with one attached hydrogen (secondary N) is 3. The lowest BCUT2D eigenvalue weighted by molar-refractivity contribution is -0.0137. The van der Waals surface area contributed by atoms with E-state index in [9.17, 15) is 9.59 Å². The second-order valence-corrected chi connectivity index (χ2v) is 7.45. The first-order valence-electron chi connectivity index (χ1n) is 8.41. The number of carbonyl (C=O) groups is 2. The van der Waals surface area contributed by atoms with Gasteiger partial charge in [0.1, 0.15) is 5.69 Å². The number of rotatable bonds is 2. The summed E-state index contributed by atoms with van der Waals surface area (Å²) in [6.45, 7) is 0. The van der Waals surface area contributed by atoms with Gasteiger partial charge in [-0.15, -0.1) is 0 Å². The molecule has 0 spiro atoms. The summed E-state index contributed by atoms with van der Waals surface area (Å²) in [7, 11) is 0. The molecule has 0 aliphatic heterocycles. The number of hydrazine groups is 1. The molecule has 1 heterocycles. The number of carbonyl (C=O) groups excluding carboxylic acids is 2. The zero-order chi connectivity index (χ0) is 15.9. The van der Waals surface area contributed by atoms with Crippen molar-refractivity contribution in [3.63, 3.8) is 0 Å². The predicted octanol–water partition coefficient (Wildman–Crippen LogP) is 1.99. The Hall–Kier alpha value is -2.11. The average molecular weight is 314 g/mol. The fraction of sp³-hybridized carbons (Fsp3) is 0.588. The van der Waals surface area contributed by atoms with Crippen molar-refractivity contribution >= 4 is 11.9 Å². The molecule has 3 N–H and O–H groups in total. The van der Waals surface area contributed by atoms with Crippen LogP contribution < -0.4 is 16.2 Å². The monoisotopic (exact) mass is 314 g/mol. The van der Waals surface area contributed by atoms with Crippen LogP contribution >= 0.6 is 0 Å². The van der Waals surface area contributed by atoms with Gasteiger partial charge in [-0.05, 0) is 68.4 Å². The van der Waals surface area contributed by atoms with Crippen molar-refractivity contribution in [1.82, 2.24) is 21.2 Å². The molecule has 4 bridgehead atoms. The molecule has 1 aromatic heterocycles. The number of aromatic nitrogens is 1. The predicted molar refractivity (Wildman–Crippen MR) is 84.3 cm³/mol. The van der Waals surface area contributed by atoms with E-state index in [2.05, 4.69) is 21.2 Å². The Morgan fingerprint density at radius 3 is 2.22 bits per heavy atom. The van der Waals surface area contributed by atoms with Crippen molar-refractivity contribution in [3.05, 3.63) is 30.1 Å². The number of amides is 3. The minimum atomic E-state index is -0.411. The van der Waals surface area contributed by atoms with Crippen LogP contribution in [0.15, 0.2) is 24.4 Å². The van der Waals surface area contributed by atoms with Gasteiger partial charge in [-0.2, -0.15) is 0 Å². The third-order valence-corrected chi connectivity index (χ3v) is 5.60. The molecule has 6 heteroatoms. The fourth-order valence-corrected chi connectivity index (χ4v) is 5.21. The lowest BCUT2D eigenvalue weighted by atomic mass is 9.53. The van der Waals surface area contributed by atoms with Crippen LogP contribution in [0.1, 0.15) is 49.0 Å². The average Bonchev–Trinajstić information content (AvgIpc) is 2.51. The van der Waals surface area contributed by atoms with E-state index in [1.807, 2.05) is 0 Å². The summed E-state index contributed by atoms with van der Waals surface area (Å²) < 4.78 is 0. The van der Waals surface area contributed by atoms with Crippen molar-refractivity contribution in [3.8, 4) is 0 Å². The Kier molecular flexibility index (Phi) is 3.47. The molecule has 0 radical (unpaired) electrons. The lowest BCUT2D eigenvalue weighted by Gasteiger charge is -2.56. The maximum Gasteiger partial charge on any atom is 0.333 e. The van der Waals surface area contributed by atoms with Crippen LogP contribution in [-0.4, -0.2) is 22.5 Å². The molecular formula is C17H22N4O2. The van der Waals surface area contributed by atoms with Crippen molar-refractivity contribution < 1.29 is 9.59 Å². The van der Waals surface area contributed by atoms with Crippen molar-refractivity contribution in [2.45, 2.75) is 44.1 Å². The normalized spacial score (nSPS) is 34.0. The van der Waals surface area contributed by atoms with Gasteiger partial charge < -0.3 is 5.32 Å². The summed E-state index contributed by atoms with van der Waals surface area (Å²) >= 11 is 0. The standard InChI is InChI=1S/C17H22N4O2/c22-15(14-3-1-2-4-18-14)20-21-16(23)19-17-8-11-5-12(9-17)7-13(6-11)10-17/h1-4,11-13H,5-10H2,(H,20,22)(H2,19,21,23). The number of pyridine rings is 1. The molecule has 4 fully saturated rings. The molecule has 0 aromatic carbocycles. The van der Waals surface area contributed by atoms with Gasteiger partial charge in [0.2, 0.25) is 0 Å². The van der Waals surface area contributed by atoms with Crippen LogP contribution in [-0.2, 0) is 0 Å². The zero-order valence-electron chi connectivity index (χ0n) is 13.0. The summed E-state index contributed by atoms with van der Waals surface area (Å²) in [4.78, 5) is 28.1. The molecule has 3 amide bonds. The molecule has 4 aliphatic rings. The Morgan fingerprint density at radius 2 is 1.65 bits per heavy atom. The maximum absolute atomic E-state index is 12.2. The topological polar surface area (TPSA) is 83.1 Å². The van der Waals surface area contributed by atoms with Gasteiger partial charge in [0.05, 0.1) is 0 Å². The van der Waals surface area contributed by atoms with Gasteiger partial charge in [-0.3, -0.25) is 15.2 Å². The second kappa shape index (κ2) is 5.51. The molecule has 5 rings (SSSR count). The third-order valence-electron chi connectivity index (χ3n) is 5.60. The molecule has 23 heavy (non-hydrogen) atoms. The third kappa shape index (κ3) is 2.90. The largest absolute Gasteiger partial charge is 0.333 e. The molecule has 0 atom stereocenters. The Labute approximate surface area is 135 Å². The highest BCUT2D eigenvalue weighted by molar-refractivity contribution is 5.93. The van der Waals surface area contributed by atoms with E-state index in [0.717, 1.165) is 37.0 Å². The first-order chi connectivity index (χ1) is 11.1. The first kappa shape index (κ1) is 14.5. The van der Waals surface area contributed by atoms with E-state index in [4.69, 9.17) is 0 Å². The summed E-state index contributed by atoms with van der Waals surface area (Å²) in [6.07, 6.45) is 8.79. The molecule has 0 saturated heterocycles. The van der Waals surface area contributed by atoms with Gasteiger partial charge in [0, 0.05) is 11.7 Å². The van der Waals surface area contributed by atoms with Gasteiger partial charge in [-0.25, -0.2) is 10.2 Å². The van der Waals surface area contributed by atoms with E-state index in [1.54, 1.807) is 24.4 Å². The molecule has 6 nitrogen and oxygen atoms in total. The van der Waals surface area contributed by atoms with Crippen molar-refractivity contribution in [2.24, 2.45) is 17.8 Å². The molecule has 4 saturated carbocycles. The van der Waals surface area contributed by atoms with E-state index in [1.165, 1.54) is 19.3 Å². The van der Waals surface area contributed by atoms with Crippen LogP contribution in [0.5, 0.6) is 0 Å². The van der Waals surface area contributed by atoms with Crippen LogP contribution in [0.3, 0.4) is 0 Å². The van der Waals surface area contributed by atoms with Crippen LogP contribution in [0, 0.1) is 17.8 Å². The summed E-state index contributed by atoms with van der Waals surface area (Å²) in [5, 5.41) is 3.15. The van der Waals surface area contributed by atoms with E-state index in [-0.39, 0.29) is 17.3 Å². The van der Waals surface area contributed by atoms with E-state index in [0.29, 0.717) is 0 Å². The van der Waals surface area contributed by atoms with Gasteiger partial charge >= 0.3 is 6.03 Å². The molecule has 122 valence electrons. The fourth-order valence-electron chi connectivity index (χ4n) is 5.21. The number of hydrogen-bond donors (Lipinski definition) is 3. The summed E-state index contributed by atoms with van der Waals surface area (Å²) in [5.41, 5.74) is 5.10. The summed E-state index contributed by atoms with van der Waals surface area (Å²) in [5.74, 6) is 1.89.